The molecule has 0 aliphatic heterocycles. The smallest absolute Gasteiger partial charge is 0.200 e. The van der Waals surface area contributed by atoms with Crippen molar-refractivity contribution in [1.29, 1.82) is 0 Å². The number of nitrogens with two attached hydrogens (primary N) is 1. The van der Waals surface area contributed by atoms with Crippen LogP contribution in [0.5, 0.6) is 5.75 Å². The quantitative estimate of drug-likeness (QED) is 0.800. The molecule has 1 heterocycles. The number of benzene rings is 1. The van der Waals surface area contributed by atoms with Gasteiger partial charge in [-0.3, -0.25) is 0 Å². The molecule has 0 fully saturated rings. The van der Waals surface area contributed by atoms with Gasteiger partial charge in [0.25, 0.3) is 0 Å². The molecule has 0 radical (unpaired) electrons. The molecule has 0 saturated carbocycles. The van der Waals surface area contributed by atoms with Crippen molar-refractivity contribution in [3.05, 3.63) is 41.6 Å². The average molecular weight is 236 g/mol. The third-order valence-electron chi connectivity index (χ3n) is 2.45. The zero-order chi connectivity index (χ0) is 12.6. The Labute approximate surface area is 96.5 Å². The summed E-state index contributed by atoms with van der Waals surface area (Å²) < 4.78 is 26.1. The molecule has 0 aliphatic carbocycles. The molecule has 0 aliphatic rings. The molecule has 0 bridgehead atoms. The minimum Gasteiger partial charge on any atom is -0.505 e. The number of rotatable bonds is 1. The fourth-order valence-electron chi connectivity index (χ4n) is 1.61. The Morgan fingerprint density at radius 2 is 1.94 bits per heavy atom. The Kier molecular flexibility index (Phi) is 2.67. The molecule has 0 unspecified atom stereocenters. The molecule has 0 atom stereocenters. The van der Waals surface area contributed by atoms with E-state index in [0.717, 1.165) is 17.7 Å². The maximum absolute atomic E-state index is 13.2. The Hall–Kier alpha value is -2.17. The number of hydrogen-bond acceptors (Lipinski definition) is 3. The summed E-state index contributed by atoms with van der Waals surface area (Å²) in [5.41, 5.74) is 7.21. The highest BCUT2D eigenvalue weighted by Gasteiger charge is 2.12. The molecule has 0 amide bonds. The van der Waals surface area contributed by atoms with E-state index in [0.29, 0.717) is 16.9 Å². The Bertz CT molecular complexity index is 562. The van der Waals surface area contributed by atoms with Gasteiger partial charge in [-0.15, -0.1) is 0 Å². The van der Waals surface area contributed by atoms with Gasteiger partial charge in [-0.1, -0.05) is 0 Å². The number of phenols is 1. The van der Waals surface area contributed by atoms with Crippen LogP contribution in [0.25, 0.3) is 11.1 Å². The molecule has 88 valence electrons. The zero-order valence-corrected chi connectivity index (χ0v) is 9.04. The molecule has 2 aromatic rings. The van der Waals surface area contributed by atoms with Gasteiger partial charge < -0.3 is 10.8 Å². The van der Waals surface area contributed by atoms with E-state index in [1.807, 2.05) is 0 Å². The second-order valence-electron chi connectivity index (χ2n) is 3.72. The van der Waals surface area contributed by atoms with Crippen LogP contribution >= 0.6 is 0 Å². The first-order chi connectivity index (χ1) is 7.99. The minimum atomic E-state index is -1.25. The first-order valence-corrected chi connectivity index (χ1v) is 4.89. The number of nitrogens with zero attached hydrogens (tertiary/aromatic N) is 1. The van der Waals surface area contributed by atoms with Crippen molar-refractivity contribution in [2.75, 3.05) is 5.73 Å². The lowest BCUT2D eigenvalue weighted by Gasteiger charge is -2.07. The second-order valence-corrected chi connectivity index (χ2v) is 3.72. The van der Waals surface area contributed by atoms with Crippen molar-refractivity contribution in [2.45, 2.75) is 6.92 Å². The number of pyridine rings is 1. The van der Waals surface area contributed by atoms with Crippen molar-refractivity contribution >= 4 is 5.82 Å². The predicted molar refractivity (Wildman–Crippen MR) is 60.4 cm³/mol. The predicted octanol–water partition coefficient (Wildman–Crippen LogP) is 2.62. The number of aromatic hydroxyl groups is 1. The Balaban J connectivity index is 2.61. The summed E-state index contributed by atoms with van der Waals surface area (Å²) in [6.45, 7) is 1.77. The van der Waals surface area contributed by atoms with Gasteiger partial charge in [-0.25, -0.2) is 9.37 Å². The number of anilines is 1. The third-order valence-corrected chi connectivity index (χ3v) is 2.45. The molecule has 17 heavy (non-hydrogen) atoms. The number of aromatic nitrogens is 1. The van der Waals surface area contributed by atoms with Crippen LogP contribution in [-0.4, -0.2) is 10.1 Å². The Morgan fingerprint density at radius 1 is 1.24 bits per heavy atom. The van der Waals surface area contributed by atoms with E-state index >= 15 is 0 Å². The van der Waals surface area contributed by atoms with E-state index in [2.05, 4.69) is 4.98 Å². The molecule has 2 rings (SSSR count). The maximum Gasteiger partial charge on any atom is 0.200 e. The van der Waals surface area contributed by atoms with Crippen LogP contribution in [0.2, 0.25) is 0 Å². The summed E-state index contributed by atoms with van der Waals surface area (Å²) in [6, 6.07) is 3.78. The van der Waals surface area contributed by atoms with Crippen molar-refractivity contribution < 1.29 is 13.9 Å². The van der Waals surface area contributed by atoms with Gasteiger partial charge in [-0.2, -0.15) is 4.39 Å². The van der Waals surface area contributed by atoms with Crippen LogP contribution in [0.15, 0.2) is 24.4 Å². The monoisotopic (exact) mass is 236 g/mol. The number of halogens is 2. The summed E-state index contributed by atoms with van der Waals surface area (Å²) in [6.07, 6.45) is 1.46. The van der Waals surface area contributed by atoms with Crippen LogP contribution in [0.4, 0.5) is 14.6 Å². The van der Waals surface area contributed by atoms with Gasteiger partial charge >= 0.3 is 0 Å². The van der Waals surface area contributed by atoms with Crippen LogP contribution < -0.4 is 5.73 Å². The van der Waals surface area contributed by atoms with Gasteiger partial charge in [0, 0.05) is 11.8 Å². The molecule has 3 N–H and O–H groups in total. The van der Waals surface area contributed by atoms with Crippen LogP contribution in [0.3, 0.4) is 0 Å². The van der Waals surface area contributed by atoms with E-state index in [-0.39, 0.29) is 0 Å². The normalized spacial score (nSPS) is 10.5. The average Bonchev–Trinajstić information content (AvgIpc) is 2.25. The van der Waals surface area contributed by atoms with E-state index in [9.17, 15) is 13.9 Å². The lowest BCUT2D eigenvalue weighted by molar-refractivity contribution is 0.407. The van der Waals surface area contributed by atoms with Crippen LogP contribution in [-0.2, 0) is 0 Å². The summed E-state index contributed by atoms with van der Waals surface area (Å²) in [5, 5.41) is 9.23. The zero-order valence-electron chi connectivity index (χ0n) is 9.04. The summed E-state index contributed by atoms with van der Waals surface area (Å²) in [7, 11) is 0. The summed E-state index contributed by atoms with van der Waals surface area (Å²) in [4.78, 5) is 3.88. The SMILES string of the molecule is Cc1cc(N)ncc1-c1cc(O)c(F)c(F)c1. The van der Waals surface area contributed by atoms with Crippen molar-refractivity contribution in [1.82, 2.24) is 4.98 Å². The lowest BCUT2D eigenvalue weighted by atomic mass is 10.0. The van der Waals surface area contributed by atoms with Gasteiger partial charge in [-0.05, 0) is 36.2 Å². The first-order valence-electron chi connectivity index (χ1n) is 4.89. The molecule has 1 aromatic heterocycles. The fraction of sp³-hybridized carbons (Fsp3) is 0.0833. The maximum atomic E-state index is 13.2. The highest BCUT2D eigenvalue weighted by Crippen LogP contribution is 2.29. The third kappa shape index (κ3) is 2.04. The van der Waals surface area contributed by atoms with E-state index in [1.54, 1.807) is 13.0 Å². The van der Waals surface area contributed by atoms with Gasteiger partial charge in [0.1, 0.15) is 5.82 Å². The molecule has 1 aromatic carbocycles. The van der Waals surface area contributed by atoms with Crippen molar-refractivity contribution in [3.63, 3.8) is 0 Å². The van der Waals surface area contributed by atoms with Gasteiger partial charge in [0.05, 0.1) is 0 Å². The van der Waals surface area contributed by atoms with Crippen molar-refractivity contribution in [3.8, 4) is 16.9 Å². The molecular formula is C12H10F2N2O. The number of aryl methyl sites for hydroxylation is 1. The molecular weight excluding hydrogens is 226 g/mol. The van der Waals surface area contributed by atoms with E-state index in [4.69, 9.17) is 5.73 Å². The molecule has 5 heteroatoms. The first kappa shape index (κ1) is 11.3. The highest BCUT2D eigenvalue weighted by molar-refractivity contribution is 5.69. The largest absolute Gasteiger partial charge is 0.505 e. The van der Waals surface area contributed by atoms with Crippen LogP contribution in [0.1, 0.15) is 5.56 Å². The Morgan fingerprint density at radius 3 is 2.53 bits per heavy atom. The lowest BCUT2D eigenvalue weighted by Crippen LogP contribution is -1.94. The standard InChI is InChI=1S/C12H10F2N2O/c1-6-2-11(15)16-5-8(6)7-3-9(13)12(14)10(17)4-7/h2-5,17H,1H3,(H2,15,16). The molecule has 0 saturated heterocycles. The van der Waals surface area contributed by atoms with Gasteiger partial charge in [0.15, 0.2) is 17.4 Å². The van der Waals surface area contributed by atoms with E-state index in [1.165, 1.54) is 6.20 Å². The number of phenolic OH excluding ortho intramolecular Hbond substituents is 1. The summed E-state index contributed by atoms with van der Waals surface area (Å²) >= 11 is 0. The number of hydrogen-bond donors (Lipinski definition) is 2. The minimum absolute atomic E-state index is 0.345. The summed E-state index contributed by atoms with van der Waals surface area (Å²) in [5.74, 6) is -2.74. The molecule has 3 nitrogen and oxygen atoms in total. The van der Waals surface area contributed by atoms with Gasteiger partial charge in [0.2, 0.25) is 0 Å². The fourth-order valence-corrected chi connectivity index (χ4v) is 1.61. The highest BCUT2D eigenvalue weighted by atomic mass is 19.2. The second kappa shape index (κ2) is 4.01. The van der Waals surface area contributed by atoms with Crippen LogP contribution in [0, 0.1) is 18.6 Å². The number of nitrogen functional groups attached to an aromatic ring is 1. The molecule has 0 spiro atoms. The van der Waals surface area contributed by atoms with Crippen molar-refractivity contribution in [2.24, 2.45) is 0 Å². The van der Waals surface area contributed by atoms with E-state index < -0.39 is 17.4 Å². The topological polar surface area (TPSA) is 59.1 Å².